The van der Waals surface area contributed by atoms with E-state index >= 15 is 0 Å². The van der Waals surface area contributed by atoms with E-state index in [-0.39, 0.29) is 33.5 Å². The fraction of sp³-hybridized carbons (Fsp3) is 0.381. The summed E-state index contributed by atoms with van der Waals surface area (Å²) in [6.07, 6.45) is 0. The van der Waals surface area contributed by atoms with Crippen molar-refractivity contribution in [1.82, 2.24) is 4.90 Å². The van der Waals surface area contributed by atoms with Crippen LogP contribution in [0.25, 0.3) is 0 Å². The maximum Gasteiger partial charge on any atom is 0.340 e. The zero-order valence-electron chi connectivity index (χ0n) is 16.8. The van der Waals surface area contributed by atoms with Crippen LogP contribution in [0, 0.1) is 12.8 Å². The van der Waals surface area contributed by atoms with Crippen LogP contribution >= 0.6 is 11.6 Å². The summed E-state index contributed by atoms with van der Waals surface area (Å²) < 4.78 is 30.7. The van der Waals surface area contributed by atoms with Crippen LogP contribution in [0.3, 0.4) is 0 Å². The molecule has 0 aliphatic rings. The quantitative estimate of drug-likeness (QED) is 0.599. The number of benzene rings is 2. The lowest BCUT2D eigenvalue weighted by molar-refractivity contribution is -0.136. The van der Waals surface area contributed by atoms with E-state index in [2.05, 4.69) is 0 Å². The molecule has 0 atom stereocenters. The van der Waals surface area contributed by atoms with E-state index in [9.17, 15) is 13.2 Å². The smallest absolute Gasteiger partial charge is 0.340 e. The molecule has 0 saturated carbocycles. The molecule has 0 aliphatic heterocycles. The van der Waals surface area contributed by atoms with E-state index in [0.717, 1.165) is 5.56 Å². The molecule has 0 N–H and O–H groups in total. The van der Waals surface area contributed by atoms with Crippen molar-refractivity contribution in [2.45, 2.75) is 52.1 Å². The van der Waals surface area contributed by atoms with Gasteiger partial charge in [-0.3, -0.25) is 4.79 Å². The van der Waals surface area contributed by atoms with Crippen molar-refractivity contribution in [3.8, 4) is 5.75 Å². The molecule has 0 heterocycles. The molecular formula is C21H26ClNO4S. The number of amides is 1. The van der Waals surface area contributed by atoms with Gasteiger partial charge in [0.1, 0.15) is 10.6 Å². The van der Waals surface area contributed by atoms with E-state index < -0.39 is 10.1 Å². The van der Waals surface area contributed by atoms with Crippen molar-refractivity contribution in [2.24, 2.45) is 5.92 Å². The summed E-state index contributed by atoms with van der Waals surface area (Å²) >= 11 is 6.08. The highest BCUT2D eigenvalue weighted by Crippen LogP contribution is 2.28. The average molecular weight is 424 g/mol. The highest BCUT2D eigenvalue weighted by Gasteiger charge is 2.24. The Kier molecular flexibility index (Phi) is 7.12. The summed E-state index contributed by atoms with van der Waals surface area (Å²) in [6.45, 7) is 9.65. The Labute approximate surface area is 172 Å². The SMILES string of the molecule is Cc1cccc(Cl)c1S(=O)(=O)Oc1cccc(CN(C(=O)C(C)C)C(C)C)c1. The van der Waals surface area contributed by atoms with E-state index in [1.165, 1.54) is 6.07 Å². The minimum Gasteiger partial charge on any atom is -0.379 e. The summed E-state index contributed by atoms with van der Waals surface area (Å²) in [7, 11) is -4.08. The number of carbonyl (C=O) groups is 1. The molecular weight excluding hydrogens is 398 g/mol. The fourth-order valence-electron chi connectivity index (χ4n) is 2.84. The number of carbonyl (C=O) groups excluding carboxylic acids is 1. The Bertz CT molecular complexity index is 934. The maximum atomic E-state index is 12.7. The van der Waals surface area contributed by atoms with Gasteiger partial charge in [0, 0.05) is 18.5 Å². The van der Waals surface area contributed by atoms with Crippen LogP contribution in [0.5, 0.6) is 5.75 Å². The van der Waals surface area contributed by atoms with Gasteiger partial charge >= 0.3 is 10.1 Å². The molecule has 1 amide bonds. The topological polar surface area (TPSA) is 63.7 Å². The van der Waals surface area contributed by atoms with E-state index in [0.29, 0.717) is 12.1 Å². The molecule has 28 heavy (non-hydrogen) atoms. The van der Waals surface area contributed by atoms with Crippen LogP contribution in [0.15, 0.2) is 47.4 Å². The second-order valence-corrected chi connectivity index (χ2v) is 9.18. The molecule has 2 aromatic carbocycles. The molecule has 0 bridgehead atoms. The molecule has 2 aromatic rings. The summed E-state index contributed by atoms with van der Waals surface area (Å²) in [5, 5.41) is 0.115. The predicted molar refractivity (Wildman–Crippen MR) is 111 cm³/mol. The largest absolute Gasteiger partial charge is 0.379 e. The van der Waals surface area contributed by atoms with Crippen LogP contribution in [-0.4, -0.2) is 25.3 Å². The monoisotopic (exact) mass is 423 g/mol. The second-order valence-electron chi connectivity index (χ2n) is 7.29. The van der Waals surface area contributed by atoms with Crippen LogP contribution in [0.4, 0.5) is 0 Å². The molecule has 0 saturated heterocycles. The van der Waals surface area contributed by atoms with Crippen molar-refractivity contribution in [3.63, 3.8) is 0 Å². The Balaban J connectivity index is 2.29. The standard InChI is InChI=1S/C21H26ClNO4S/c1-14(2)21(24)23(15(3)4)13-17-9-7-10-18(12-17)27-28(25,26)20-16(5)8-6-11-19(20)22/h6-12,14-15H,13H2,1-5H3. The van der Waals surface area contributed by atoms with E-state index in [1.54, 1.807) is 42.2 Å². The molecule has 0 unspecified atom stereocenters. The first-order valence-corrected chi connectivity index (χ1v) is 10.9. The normalized spacial score (nSPS) is 11.7. The number of hydrogen-bond acceptors (Lipinski definition) is 4. The van der Waals surface area contributed by atoms with Crippen molar-refractivity contribution >= 4 is 27.6 Å². The van der Waals surface area contributed by atoms with Crippen molar-refractivity contribution in [1.29, 1.82) is 0 Å². The number of halogens is 1. The first kappa shape index (κ1) is 22.2. The van der Waals surface area contributed by atoms with Gasteiger partial charge in [-0.1, -0.05) is 49.7 Å². The first-order chi connectivity index (χ1) is 13.0. The zero-order valence-corrected chi connectivity index (χ0v) is 18.3. The molecule has 2 rings (SSSR count). The third-order valence-corrected chi connectivity index (χ3v) is 6.15. The van der Waals surface area contributed by atoms with E-state index in [1.807, 2.05) is 33.8 Å². The van der Waals surface area contributed by atoms with Crippen LogP contribution in [0.1, 0.15) is 38.8 Å². The first-order valence-electron chi connectivity index (χ1n) is 9.12. The van der Waals surface area contributed by atoms with Crippen LogP contribution < -0.4 is 4.18 Å². The van der Waals surface area contributed by atoms with Gasteiger partial charge in [0.2, 0.25) is 5.91 Å². The predicted octanol–water partition coefficient (Wildman–Crippen LogP) is 4.81. The van der Waals surface area contributed by atoms with Gasteiger partial charge in [-0.05, 0) is 50.1 Å². The Morgan fingerprint density at radius 2 is 1.75 bits per heavy atom. The lowest BCUT2D eigenvalue weighted by atomic mass is 10.1. The number of hydrogen-bond donors (Lipinski definition) is 0. The Hall–Kier alpha value is -2.05. The molecule has 0 spiro atoms. The number of nitrogens with zero attached hydrogens (tertiary/aromatic N) is 1. The fourth-order valence-corrected chi connectivity index (χ4v) is 4.56. The summed E-state index contributed by atoms with van der Waals surface area (Å²) in [5.74, 6) is 0.101. The average Bonchev–Trinajstić information content (AvgIpc) is 2.58. The minimum atomic E-state index is -4.08. The Morgan fingerprint density at radius 3 is 2.32 bits per heavy atom. The highest BCUT2D eigenvalue weighted by atomic mass is 35.5. The number of aryl methyl sites for hydroxylation is 1. The van der Waals surface area contributed by atoms with Gasteiger partial charge in [0.25, 0.3) is 0 Å². The third kappa shape index (κ3) is 5.26. The highest BCUT2D eigenvalue weighted by molar-refractivity contribution is 7.87. The molecule has 152 valence electrons. The van der Waals surface area contributed by atoms with E-state index in [4.69, 9.17) is 15.8 Å². The number of rotatable bonds is 7. The van der Waals surface area contributed by atoms with Crippen molar-refractivity contribution < 1.29 is 17.4 Å². The molecule has 0 aromatic heterocycles. The summed E-state index contributed by atoms with van der Waals surface area (Å²) in [6, 6.07) is 11.6. The molecule has 0 aliphatic carbocycles. The Morgan fingerprint density at radius 1 is 1.11 bits per heavy atom. The van der Waals surface area contributed by atoms with Gasteiger partial charge in [0.15, 0.2) is 0 Å². The van der Waals surface area contributed by atoms with Gasteiger partial charge in [-0.25, -0.2) is 0 Å². The lowest BCUT2D eigenvalue weighted by Gasteiger charge is -2.28. The summed E-state index contributed by atoms with van der Waals surface area (Å²) in [4.78, 5) is 14.2. The summed E-state index contributed by atoms with van der Waals surface area (Å²) in [5.41, 5.74) is 1.29. The van der Waals surface area contributed by atoms with Crippen LogP contribution in [0.2, 0.25) is 5.02 Å². The van der Waals surface area contributed by atoms with Gasteiger partial charge < -0.3 is 9.08 Å². The van der Waals surface area contributed by atoms with Crippen LogP contribution in [-0.2, 0) is 21.5 Å². The van der Waals surface area contributed by atoms with Gasteiger partial charge in [-0.15, -0.1) is 0 Å². The van der Waals surface area contributed by atoms with Gasteiger partial charge in [0.05, 0.1) is 5.02 Å². The molecule has 0 radical (unpaired) electrons. The second kappa shape index (κ2) is 8.97. The minimum absolute atomic E-state index is 0.0222. The molecule has 7 heteroatoms. The van der Waals surface area contributed by atoms with Gasteiger partial charge in [-0.2, -0.15) is 8.42 Å². The van der Waals surface area contributed by atoms with Crippen molar-refractivity contribution in [3.05, 3.63) is 58.6 Å². The third-order valence-electron chi connectivity index (χ3n) is 4.27. The zero-order chi connectivity index (χ0) is 21.1. The van der Waals surface area contributed by atoms with Crippen molar-refractivity contribution in [2.75, 3.05) is 0 Å². The maximum absolute atomic E-state index is 12.7. The lowest BCUT2D eigenvalue weighted by Crippen LogP contribution is -2.38. The molecule has 0 fully saturated rings. The molecule has 5 nitrogen and oxygen atoms in total.